The van der Waals surface area contributed by atoms with Gasteiger partial charge in [0.05, 0.1) is 35.9 Å². The van der Waals surface area contributed by atoms with Crippen LogP contribution in [0.25, 0.3) is 11.3 Å². The topological polar surface area (TPSA) is 114 Å². The molecule has 1 heterocycles. The van der Waals surface area contributed by atoms with Gasteiger partial charge in [-0.2, -0.15) is 0 Å². The lowest BCUT2D eigenvalue weighted by Crippen LogP contribution is -2.21. The Bertz CT molecular complexity index is 1380. The lowest BCUT2D eigenvalue weighted by atomic mass is 9.99. The first-order valence-electron chi connectivity index (χ1n) is 10.4. The van der Waals surface area contributed by atoms with Crippen molar-refractivity contribution >= 4 is 44.5 Å². The van der Waals surface area contributed by atoms with Crippen molar-refractivity contribution in [3.05, 3.63) is 95.1 Å². The van der Waals surface area contributed by atoms with Crippen molar-refractivity contribution in [1.29, 1.82) is 0 Å². The molecule has 0 radical (unpaired) electrons. The Labute approximate surface area is 197 Å². The zero-order valence-electron chi connectivity index (χ0n) is 18.6. The van der Waals surface area contributed by atoms with Gasteiger partial charge >= 0.3 is 5.97 Å². The summed E-state index contributed by atoms with van der Waals surface area (Å²) >= 11 is 0. The van der Waals surface area contributed by atoms with Crippen LogP contribution in [0.3, 0.4) is 0 Å². The van der Waals surface area contributed by atoms with E-state index >= 15 is 0 Å². The van der Waals surface area contributed by atoms with Crippen molar-refractivity contribution in [2.75, 3.05) is 24.0 Å². The van der Waals surface area contributed by atoms with Gasteiger partial charge in [0.15, 0.2) is 0 Å². The van der Waals surface area contributed by atoms with Gasteiger partial charge in [-0.05, 0) is 35.4 Å². The van der Waals surface area contributed by atoms with E-state index in [0.29, 0.717) is 28.1 Å². The Morgan fingerprint density at radius 3 is 2.32 bits per heavy atom. The summed E-state index contributed by atoms with van der Waals surface area (Å²) in [6.45, 7) is 0.185. The highest BCUT2D eigenvalue weighted by Gasteiger charge is 2.29. The van der Waals surface area contributed by atoms with Crippen molar-refractivity contribution in [2.24, 2.45) is 0 Å². The number of hydrogen-bond acceptors (Lipinski definition) is 6. The van der Waals surface area contributed by atoms with Crippen molar-refractivity contribution in [2.45, 2.75) is 6.54 Å². The van der Waals surface area contributed by atoms with E-state index in [1.807, 2.05) is 42.5 Å². The Hall–Kier alpha value is -3.95. The number of amides is 1. The molecule has 34 heavy (non-hydrogen) atoms. The fraction of sp³-hybridized carbons (Fsp3) is 0.120. The molecule has 0 atom stereocenters. The molecule has 0 bridgehead atoms. The van der Waals surface area contributed by atoms with Crippen LogP contribution in [0.4, 0.5) is 11.4 Å². The number of methoxy groups -OCH3 is 1. The molecule has 8 nitrogen and oxygen atoms in total. The number of carbonyl (C=O) groups excluding carboxylic acids is 2. The first kappa shape index (κ1) is 23.2. The van der Waals surface area contributed by atoms with Crippen LogP contribution in [0, 0.1) is 0 Å². The number of carbonyl (C=O) groups is 2. The first-order chi connectivity index (χ1) is 16.2. The SMILES string of the molecule is COC(=O)c1ccc2c(c1)NC(=O)/C2=C(\Nc1ccc(CNS(C)(=O)=O)cc1)c1ccccc1. The fourth-order valence-corrected chi connectivity index (χ4v) is 4.04. The standard InChI is InChI=1S/C25H23N3O5S/c1-33-25(30)18-10-13-20-21(14-18)28-24(29)22(20)23(17-6-4-3-5-7-17)27-19-11-8-16(9-12-19)15-26-34(2,31)32/h3-14,26-27H,15H2,1-2H3,(H,28,29)/b23-22-. The molecule has 4 rings (SSSR count). The number of fused-ring (bicyclic) bond motifs is 1. The molecule has 0 aliphatic carbocycles. The number of ether oxygens (including phenoxy) is 1. The van der Waals surface area contributed by atoms with E-state index in [0.717, 1.165) is 23.1 Å². The van der Waals surface area contributed by atoms with Crippen LogP contribution in [0.5, 0.6) is 0 Å². The molecule has 0 fully saturated rings. The Balaban J connectivity index is 1.73. The van der Waals surface area contributed by atoms with Crippen LogP contribution in [0.2, 0.25) is 0 Å². The maximum absolute atomic E-state index is 13.0. The minimum absolute atomic E-state index is 0.185. The molecule has 1 amide bonds. The largest absolute Gasteiger partial charge is 0.465 e. The second kappa shape index (κ2) is 9.50. The molecule has 0 spiro atoms. The summed E-state index contributed by atoms with van der Waals surface area (Å²) in [5.74, 6) is -0.779. The van der Waals surface area contributed by atoms with Crippen LogP contribution in [-0.2, 0) is 26.1 Å². The lowest BCUT2D eigenvalue weighted by Gasteiger charge is -2.15. The number of hydrogen-bond donors (Lipinski definition) is 3. The third-order valence-corrected chi connectivity index (χ3v) is 5.93. The van der Waals surface area contributed by atoms with Gasteiger partial charge in [0.1, 0.15) is 0 Å². The maximum atomic E-state index is 13.0. The van der Waals surface area contributed by atoms with Crippen molar-refractivity contribution < 1.29 is 22.7 Å². The van der Waals surface area contributed by atoms with Crippen LogP contribution in [0.1, 0.15) is 27.0 Å². The minimum Gasteiger partial charge on any atom is -0.465 e. The molecule has 174 valence electrons. The number of benzene rings is 3. The second-order valence-corrected chi connectivity index (χ2v) is 9.57. The average Bonchev–Trinajstić information content (AvgIpc) is 3.16. The zero-order chi connectivity index (χ0) is 24.3. The first-order valence-corrected chi connectivity index (χ1v) is 12.3. The smallest absolute Gasteiger partial charge is 0.337 e. The third kappa shape index (κ3) is 5.16. The summed E-state index contributed by atoms with van der Waals surface area (Å²) in [7, 11) is -1.98. The predicted molar refractivity (Wildman–Crippen MR) is 131 cm³/mol. The van der Waals surface area contributed by atoms with Crippen LogP contribution >= 0.6 is 0 Å². The number of rotatable bonds is 7. The van der Waals surface area contributed by atoms with Crippen LogP contribution < -0.4 is 15.4 Å². The van der Waals surface area contributed by atoms with Gasteiger partial charge in [-0.1, -0.05) is 48.5 Å². The van der Waals surface area contributed by atoms with E-state index < -0.39 is 16.0 Å². The number of sulfonamides is 1. The molecule has 0 saturated carbocycles. The fourth-order valence-electron chi connectivity index (χ4n) is 3.61. The van der Waals surface area contributed by atoms with E-state index in [4.69, 9.17) is 4.74 Å². The number of nitrogens with one attached hydrogen (secondary N) is 3. The van der Waals surface area contributed by atoms with E-state index in [-0.39, 0.29) is 12.5 Å². The van der Waals surface area contributed by atoms with Gasteiger partial charge in [-0.25, -0.2) is 17.9 Å². The lowest BCUT2D eigenvalue weighted by molar-refractivity contribution is -0.110. The van der Waals surface area contributed by atoms with Gasteiger partial charge < -0.3 is 15.4 Å². The number of esters is 1. The normalized spacial score (nSPS) is 14.2. The predicted octanol–water partition coefficient (Wildman–Crippen LogP) is 3.45. The van der Waals surface area contributed by atoms with Gasteiger partial charge in [0, 0.05) is 17.8 Å². The average molecular weight is 478 g/mol. The summed E-state index contributed by atoms with van der Waals surface area (Å²) in [5.41, 5.74) is 4.91. The van der Waals surface area contributed by atoms with Gasteiger partial charge in [-0.15, -0.1) is 0 Å². The molecule has 3 aromatic rings. The Morgan fingerprint density at radius 2 is 1.68 bits per heavy atom. The second-order valence-electron chi connectivity index (χ2n) is 7.74. The Morgan fingerprint density at radius 1 is 0.971 bits per heavy atom. The zero-order valence-corrected chi connectivity index (χ0v) is 19.4. The van der Waals surface area contributed by atoms with Crippen molar-refractivity contribution in [3.8, 4) is 0 Å². The quantitative estimate of drug-likeness (QED) is 0.355. The molecule has 0 aromatic heterocycles. The molecular weight excluding hydrogens is 454 g/mol. The van der Waals surface area contributed by atoms with Crippen molar-refractivity contribution in [1.82, 2.24) is 4.72 Å². The molecule has 3 aromatic carbocycles. The summed E-state index contributed by atoms with van der Waals surface area (Å²) in [4.78, 5) is 24.9. The van der Waals surface area contributed by atoms with Crippen LogP contribution in [-0.4, -0.2) is 33.7 Å². The van der Waals surface area contributed by atoms with Crippen molar-refractivity contribution in [3.63, 3.8) is 0 Å². The summed E-state index contributed by atoms with van der Waals surface area (Å²) in [6, 6.07) is 21.6. The maximum Gasteiger partial charge on any atom is 0.337 e. The van der Waals surface area contributed by atoms with Gasteiger partial charge in [0.2, 0.25) is 10.0 Å². The molecule has 0 saturated heterocycles. The van der Waals surface area contributed by atoms with E-state index in [1.165, 1.54) is 7.11 Å². The van der Waals surface area contributed by atoms with Crippen LogP contribution in [0.15, 0.2) is 72.8 Å². The Kier molecular flexibility index (Phi) is 6.49. The van der Waals surface area contributed by atoms with E-state index in [9.17, 15) is 18.0 Å². The molecule has 1 aliphatic rings. The minimum atomic E-state index is -3.29. The summed E-state index contributed by atoms with van der Waals surface area (Å²) in [5, 5.41) is 6.18. The summed E-state index contributed by atoms with van der Waals surface area (Å²) < 4.78 is 29.9. The van der Waals surface area contributed by atoms with Gasteiger partial charge in [-0.3, -0.25) is 4.79 Å². The molecular formula is C25H23N3O5S. The van der Waals surface area contributed by atoms with E-state index in [1.54, 1.807) is 30.3 Å². The molecule has 0 unspecified atom stereocenters. The van der Waals surface area contributed by atoms with Gasteiger partial charge in [0.25, 0.3) is 5.91 Å². The molecule has 3 N–H and O–H groups in total. The number of anilines is 2. The summed E-state index contributed by atoms with van der Waals surface area (Å²) in [6.07, 6.45) is 1.11. The highest BCUT2D eigenvalue weighted by molar-refractivity contribution is 7.88. The van der Waals surface area contributed by atoms with E-state index in [2.05, 4.69) is 15.4 Å². The monoisotopic (exact) mass is 477 g/mol. The molecule has 9 heteroatoms. The highest BCUT2D eigenvalue weighted by Crippen LogP contribution is 2.38. The third-order valence-electron chi connectivity index (χ3n) is 5.26. The highest BCUT2D eigenvalue weighted by atomic mass is 32.2. The molecule has 1 aliphatic heterocycles.